The second-order valence-corrected chi connectivity index (χ2v) is 7.98. The Morgan fingerprint density at radius 1 is 1.12 bits per heavy atom. The summed E-state index contributed by atoms with van der Waals surface area (Å²) in [6.07, 6.45) is -4.72. The van der Waals surface area contributed by atoms with Crippen LogP contribution in [0.1, 0.15) is 16.2 Å². The highest BCUT2D eigenvalue weighted by Gasteiger charge is 2.35. The quantitative estimate of drug-likeness (QED) is 0.592. The molecule has 1 fully saturated rings. The molecule has 0 saturated carbocycles. The Kier molecular flexibility index (Phi) is 6.57. The number of amides is 1. The minimum atomic E-state index is -4.72. The van der Waals surface area contributed by atoms with E-state index in [-0.39, 0.29) is 27.1 Å². The number of morpholine rings is 1. The molecule has 12 heteroatoms. The summed E-state index contributed by atoms with van der Waals surface area (Å²) in [5, 5.41) is 7.00. The van der Waals surface area contributed by atoms with Gasteiger partial charge < -0.3 is 10.1 Å². The summed E-state index contributed by atoms with van der Waals surface area (Å²) in [6, 6.07) is 6.50. The predicted molar refractivity (Wildman–Crippen MR) is 113 cm³/mol. The lowest BCUT2D eigenvalue weighted by molar-refractivity contribution is -0.142. The lowest BCUT2D eigenvalue weighted by Crippen LogP contribution is -2.41. The van der Waals surface area contributed by atoms with Crippen LogP contribution in [-0.4, -0.2) is 64.8 Å². The molecule has 3 heterocycles. The molecule has 0 aliphatic carbocycles. The van der Waals surface area contributed by atoms with Gasteiger partial charge in [0.15, 0.2) is 17.0 Å². The van der Waals surface area contributed by atoms with Gasteiger partial charge in [-0.15, -0.1) is 0 Å². The van der Waals surface area contributed by atoms with Crippen molar-refractivity contribution in [3.8, 4) is 11.3 Å². The van der Waals surface area contributed by atoms with Crippen LogP contribution in [0.15, 0.2) is 30.3 Å². The van der Waals surface area contributed by atoms with Crippen LogP contribution in [0.5, 0.6) is 0 Å². The number of benzene rings is 1. The number of halogens is 5. The summed E-state index contributed by atoms with van der Waals surface area (Å²) in [5.41, 5.74) is -0.945. The van der Waals surface area contributed by atoms with Crippen molar-refractivity contribution in [2.75, 3.05) is 39.4 Å². The maximum Gasteiger partial charge on any atom is 0.433 e. The van der Waals surface area contributed by atoms with Crippen LogP contribution in [0.3, 0.4) is 0 Å². The van der Waals surface area contributed by atoms with Crippen molar-refractivity contribution in [2.24, 2.45) is 0 Å². The highest BCUT2D eigenvalue weighted by molar-refractivity contribution is 6.42. The standard InChI is InChI=1S/C20H18Cl2F3N5O2/c21-13-2-1-12(9-14(13)22)15-10-17(20(23,24)25)30-18(27-15)11-16(28-30)19(31)26-3-4-29-5-7-32-8-6-29/h1-2,9-11H,3-8H2,(H,26,31). The fraction of sp³-hybridized carbons (Fsp3) is 0.350. The van der Waals surface area contributed by atoms with E-state index >= 15 is 0 Å². The van der Waals surface area contributed by atoms with Crippen LogP contribution in [0.2, 0.25) is 10.0 Å². The lowest BCUT2D eigenvalue weighted by Gasteiger charge is -2.26. The summed E-state index contributed by atoms with van der Waals surface area (Å²) < 4.78 is 47.1. The van der Waals surface area contributed by atoms with Crippen LogP contribution in [-0.2, 0) is 10.9 Å². The number of rotatable bonds is 5. The molecule has 1 amide bonds. The molecule has 7 nitrogen and oxygen atoms in total. The Morgan fingerprint density at radius 2 is 1.88 bits per heavy atom. The first kappa shape index (κ1) is 22.8. The number of fused-ring (bicyclic) bond motifs is 1. The Labute approximate surface area is 191 Å². The Bertz CT molecular complexity index is 1150. The molecule has 170 valence electrons. The fourth-order valence-electron chi connectivity index (χ4n) is 3.33. The van der Waals surface area contributed by atoms with Gasteiger partial charge >= 0.3 is 6.18 Å². The van der Waals surface area contributed by atoms with Crippen LogP contribution in [0, 0.1) is 0 Å². The number of nitrogens with zero attached hydrogens (tertiary/aromatic N) is 4. The van der Waals surface area contributed by atoms with Crippen molar-refractivity contribution in [3.63, 3.8) is 0 Å². The molecule has 4 rings (SSSR count). The normalized spacial score (nSPS) is 15.3. The van der Waals surface area contributed by atoms with Gasteiger partial charge in [-0.3, -0.25) is 9.69 Å². The Morgan fingerprint density at radius 3 is 2.56 bits per heavy atom. The number of alkyl halides is 3. The van der Waals surface area contributed by atoms with E-state index in [1.54, 1.807) is 0 Å². The average Bonchev–Trinajstić information content (AvgIpc) is 3.19. The smallest absolute Gasteiger partial charge is 0.379 e. The maximum absolute atomic E-state index is 13.7. The summed E-state index contributed by atoms with van der Waals surface area (Å²) in [5.74, 6) is -0.576. The lowest BCUT2D eigenvalue weighted by atomic mass is 10.1. The summed E-state index contributed by atoms with van der Waals surface area (Å²) in [4.78, 5) is 18.9. The van der Waals surface area contributed by atoms with Crippen molar-refractivity contribution in [1.82, 2.24) is 24.8 Å². The number of hydrogen-bond acceptors (Lipinski definition) is 5. The maximum atomic E-state index is 13.7. The predicted octanol–water partition coefficient (Wildman–Crippen LogP) is 3.78. The van der Waals surface area contributed by atoms with Crippen molar-refractivity contribution in [1.29, 1.82) is 0 Å². The third-order valence-electron chi connectivity index (χ3n) is 4.98. The zero-order chi connectivity index (χ0) is 22.9. The fourth-order valence-corrected chi connectivity index (χ4v) is 3.63. The molecule has 0 radical (unpaired) electrons. The molecule has 0 unspecified atom stereocenters. The zero-order valence-corrected chi connectivity index (χ0v) is 18.1. The largest absolute Gasteiger partial charge is 0.433 e. The molecular weight excluding hydrogens is 470 g/mol. The van der Waals surface area contributed by atoms with Crippen molar-refractivity contribution >= 4 is 34.8 Å². The van der Waals surface area contributed by atoms with E-state index in [1.165, 1.54) is 24.3 Å². The topological polar surface area (TPSA) is 71.8 Å². The number of carbonyl (C=O) groups is 1. The molecule has 3 aromatic rings. The number of aromatic nitrogens is 3. The molecule has 1 N–H and O–H groups in total. The molecule has 1 aliphatic rings. The average molecular weight is 488 g/mol. The molecule has 2 aromatic heterocycles. The Balaban J connectivity index is 1.61. The molecule has 1 aliphatic heterocycles. The van der Waals surface area contributed by atoms with Gasteiger partial charge in [-0.1, -0.05) is 29.3 Å². The Hall–Kier alpha value is -2.40. The van der Waals surface area contributed by atoms with E-state index in [2.05, 4.69) is 20.3 Å². The van der Waals surface area contributed by atoms with E-state index in [1.807, 2.05) is 0 Å². The second-order valence-electron chi connectivity index (χ2n) is 7.16. The molecular formula is C20H18Cl2F3N5O2. The van der Waals surface area contributed by atoms with Gasteiger partial charge in [0, 0.05) is 37.8 Å². The van der Waals surface area contributed by atoms with Gasteiger partial charge in [0.2, 0.25) is 0 Å². The summed E-state index contributed by atoms with van der Waals surface area (Å²) >= 11 is 11.9. The zero-order valence-electron chi connectivity index (χ0n) is 16.6. The highest BCUT2D eigenvalue weighted by Crippen LogP contribution is 2.34. The van der Waals surface area contributed by atoms with Gasteiger partial charge in [0.05, 0.1) is 29.0 Å². The van der Waals surface area contributed by atoms with Gasteiger partial charge in [-0.25, -0.2) is 9.50 Å². The third-order valence-corrected chi connectivity index (χ3v) is 5.72. The number of hydrogen-bond donors (Lipinski definition) is 1. The van der Waals surface area contributed by atoms with Gasteiger partial charge in [0.25, 0.3) is 5.91 Å². The molecule has 0 spiro atoms. The minimum absolute atomic E-state index is 0.0302. The van der Waals surface area contributed by atoms with E-state index in [0.717, 1.165) is 19.2 Å². The molecule has 0 bridgehead atoms. The van der Waals surface area contributed by atoms with Crippen molar-refractivity contribution < 1.29 is 22.7 Å². The first-order valence-corrected chi connectivity index (χ1v) is 10.5. The molecule has 1 aromatic carbocycles. The first-order valence-electron chi connectivity index (χ1n) is 9.74. The van der Waals surface area contributed by atoms with E-state index in [0.29, 0.717) is 36.4 Å². The van der Waals surface area contributed by atoms with E-state index in [4.69, 9.17) is 27.9 Å². The van der Waals surface area contributed by atoms with Crippen LogP contribution < -0.4 is 5.32 Å². The van der Waals surface area contributed by atoms with Gasteiger partial charge in [-0.2, -0.15) is 18.3 Å². The van der Waals surface area contributed by atoms with E-state index in [9.17, 15) is 18.0 Å². The SMILES string of the molecule is O=C(NCCN1CCOCC1)c1cc2nc(-c3ccc(Cl)c(Cl)c3)cc(C(F)(F)F)n2n1. The first-order chi connectivity index (χ1) is 15.2. The third kappa shape index (κ3) is 4.98. The van der Waals surface area contributed by atoms with Crippen LogP contribution in [0.4, 0.5) is 13.2 Å². The molecule has 32 heavy (non-hydrogen) atoms. The molecule has 0 atom stereocenters. The number of ether oxygens (including phenoxy) is 1. The monoisotopic (exact) mass is 487 g/mol. The molecule has 1 saturated heterocycles. The number of nitrogens with one attached hydrogen (secondary N) is 1. The summed E-state index contributed by atoms with van der Waals surface area (Å²) in [6.45, 7) is 3.73. The summed E-state index contributed by atoms with van der Waals surface area (Å²) in [7, 11) is 0. The van der Waals surface area contributed by atoms with Gasteiger partial charge in [0.1, 0.15) is 0 Å². The van der Waals surface area contributed by atoms with Crippen LogP contribution in [0.25, 0.3) is 16.9 Å². The van der Waals surface area contributed by atoms with Gasteiger partial charge in [-0.05, 0) is 18.2 Å². The second kappa shape index (κ2) is 9.22. The van der Waals surface area contributed by atoms with Crippen molar-refractivity contribution in [2.45, 2.75) is 6.18 Å². The minimum Gasteiger partial charge on any atom is -0.379 e. The van der Waals surface area contributed by atoms with Crippen LogP contribution >= 0.6 is 23.2 Å². The number of carbonyl (C=O) groups excluding carboxylic acids is 1. The van der Waals surface area contributed by atoms with Crippen molar-refractivity contribution in [3.05, 3.63) is 51.8 Å². The highest BCUT2D eigenvalue weighted by atomic mass is 35.5. The van der Waals surface area contributed by atoms with E-state index < -0.39 is 17.8 Å².